The minimum absolute atomic E-state index is 0.212. The molecule has 2 aromatic rings. The Labute approximate surface area is 94.0 Å². The number of rotatable bonds is 1. The molecule has 0 N–H and O–H groups in total. The molecule has 0 unspecified atom stereocenters. The Bertz CT molecular complexity index is 514. The molecule has 0 amide bonds. The van der Waals surface area contributed by atoms with E-state index in [1.807, 2.05) is 0 Å². The molecule has 0 atom stereocenters. The summed E-state index contributed by atoms with van der Waals surface area (Å²) in [5.41, 5.74) is 1.28. The van der Waals surface area contributed by atoms with Crippen molar-refractivity contribution in [1.82, 2.24) is 9.55 Å². The van der Waals surface area contributed by atoms with Crippen LogP contribution in [0, 0.1) is 0 Å². The summed E-state index contributed by atoms with van der Waals surface area (Å²) in [5.74, 6) is -3.13. The molecule has 2 rings (SSSR count). The number of benzene rings is 1. The Kier molecular flexibility index (Phi) is 2.30. The van der Waals surface area contributed by atoms with Crippen molar-refractivity contribution >= 4 is 27.0 Å². The Hall–Kier alpha value is -0.970. The molecule has 5 heteroatoms. The predicted molar refractivity (Wildman–Crippen MR) is 58.0 cm³/mol. The summed E-state index contributed by atoms with van der Waals surface area (Å²) < 4.78 is 28.6. The zero-order valence-corrected chi connectivity index (χ0v) is 9.85. The molecule has 0 saturated carbocycles. The van der Waals surface area contributed by atoms with Gasteiger partial charge in [0, 0.05) is 18.4 Å². The standard InChI is InChI=1S/C10H9BrF2N2/c1-10(12,13)9-14-7-4-3-6(11)5-8(7)15(9)2/h3-5H,1-2H3. The number of nitrogens with zero attached hydrogens (tertiary/aromatic N) is 2. The van der Waals surface area contributed by atoms with Gasteiger partial charge < -0.3 is 4.57 Å². The molecule has 1 aromatic heterocycles. The van der Waals surface area contributed by atoms with E-state index >= 15 is 0 Å². The second kappa shape index (κ2) is 3.27. The van der Waals surface area contributed by atoms with Crippen LogP contribution in [0.1, 0.15) is 12.7 Å². The molecule has 0 bridgehead atoms. The average Bonchev–Trinajstić information content (AvgIpc) is 2.43. The van der Waals surface area contributed by atoms with Gasteiger partial charge in [-0.05, 0) is 18.2 Å². The number of hydrogen-bond donors (Lipinski definition) is 0. The summed E-state index contributed by atoms with van der Waals surface area (Å²) in [5, 5.41) is 0. The molecular formula is C10H9BrF2N2. The summed E-state index contributed by atoms with van der Waals surface area (Å²) in [4.78, 5) is 3.92. The molecule has 0 radical (unpaired) electrons. The Morgan fingerprint density at radius 1 is 1.40 bits per heavy atom. The second-order valence-electron chi connectivity index (χ2n) is 3.52. The molecule has 2 nitrogen and oxygen atoms in total. The normalized spacial score (nSPS) is 12.3. The van der Waals surface area contributed by atoms with Crippen molar-refractivity contribution in [2.45, 2.75) is 12.8 Å². The molecule has 80 valence electrons. The highest BCUT2D eigenvalue weighted by Gasteiger charge is 2.30. The lowest BCUT2D eigenvalue weighted by atomic mass is 10.3. The first-order chi connectivity index (χ1) is 6.89. The van der Waals surface area contributed by atoms with Gasteiger partial charge in [-0.1, -0.05) is 15.9 Å². The van der Waals surface area contributed by atoms with Crippen LogP contribution in [0.25, 0.3) is 11.0 Å². The number of alkyl halides is 2. The molecular weight excluding hydrogens is 266 g/mol. The molecule has 0 aliphatic rings. The van der Waals surface area contributed by atoms with Gasteiger partial charge in [0.05, 0.1) is 11.0 Å². The van der Waals surface area contributed by atoms with E-state index in [9.17, 15) is 8.78 Å². The van der Waals surface area contributed by atoms with Gasteiger partial charge in [-0.15, -0.1) is 0 Å². The SMILES string of the molecule is Cn1c(C(C)(F)F)nc2ccc(Br)cc21. The fourth-order valence-electron chi connectivity index (χ4n) is 1.56. The molecule has 1 aromatic carbocycles. The molecule has 0 aliphatic carbocycles. The van der Waals surface area contributed by atoms with Crippen LogP contribution in [-0.4, -0.2) is 9.55 Å². The lowest BCUT2D eigenvalue weighted by Gasteiger charge is -2.09. The van der Waals surface area contributed by atoms with Crippen LogP contribution in [0.4, 0.5) is 8.78 Å². The lowest BCUT2D eigenvalue weighted by Crippen LogP contribution is -2.13. The van der Waals surface area contributed by atoms with Crippen molar-refractivity contribution in [3.8, 4) is 0 Å². The maximum Gasteiger partial charge on any atom is 0.302 e. The van der Waals surface area contributed by atoms with E-state index in [0.717, 1.165) is 11.4 Å². The largest absolute Gasteiger partial charge is 0.326 e. The van der Waals surface area contributed by atoms with Gasteiger partial charge in [-0.3, -0.25) is 0 Å². The highest BCUT2D eigenvalue weighted by molar-refractivity contribution is 9.10. The highest BCUT2D eigenvalue weighted by atomic mass is 79.9. The van der Waals surface area contributed by atoms with Crippen LogP contribution in [0.5, 0.6) is 0 Å². The minimum Gasteiger partial charge on any atom is -0.326 e. The van der Waals surface area contributed by atoms with Gasteiger partial charge in [-0.2, -0.15) is 8.78 Å². The van der Waals surface area contributed by atoms with E-state index in [0.29, 0.717) is 11.0 Å². The number of hydrogen-bond acceptors (Lipinski definition) is 1. The van der Waals surface area contributed by atoms with Crippen molar-refractivity contribution in [2.24, 2.45) is 7.05 Å². The topological polar surface area (TPSA) is 17.8 Å². The Morgan fingerprint density at radius 2 is 2.07 bits per heavy atom. The zero-order chi connectivity index (χ0) is 11.2. The van der Waals surface area contributed by atoms with Crippen molar-refractivity contribution in [3.05, 3.63) is 28.5 Å². The van der Waals surface area contributed by atoms with Crippen LogP contribution in [0.15, 0.2) is 22.7 Å². The maximum atomic E-state index is 13.2. The third-order valence-electron chi connectivity index (χ3n) is 2.24. The summed E-state index contributed by atoms with van der Waals surface area (Å²) in [6.45, 7) is 0.850. The van der Waals surface area contributed by atoms with E-state index in [1.165, 1.54) is 4.57 Å². The van der Waals surface area contributed by atoms with Crippen LogP contribution < -0.4 is 0 Å². The van der Waals surface area contributed by atoms with Crippen molar-refractivity contribution in [3.63, 3.8) is 0 Å². The van der Waals surface area contributed by atoms with Crippen LogP contribution in [0.2, 0.25) is 0 Å². The van der Waals surface area contributed by atoms with Gasteiger partial charge in [0.1, 0.15) is 0 Å². The smallest absolute Gasteiger partial charge is 0.302 e. The minimum atomic E-state index is -2.92. The number of aromatic nitrogens is 2. The highest BCUT2D eigenvalue weighted by Crippen LogP contribution is 2.29. The Morgan fingerprint density at radius 3 is 2.67 bits per heavy atom. The quantitative estimate of drug-likeness (QED) is 0.779. The van der Waals surface area contributed by atoms with Crippen molar-refractivity contribution < 1.29 is 8.78 Å². The predicted octanol–water partition coefficient (Wildman–Crippen LogP) is 3.45. The van der Waals surface area contributed by atoms with Gasteiger partial charge in [0.15, 0.2) is 5.82 Å². The molecule has 15 heavy (non-hydrogen) atoms. The van der Waals surface area contributed by atoms with Crippen molar-refractivity contribution in [2.75, 3.05) is 0 Å². The van der Waals surface area contributed by atoms with Crippen LogP contribution >= 0.6 is 15.9 Å². The third-order valence-corrected chi connectivity index (χ3v) is 2.73. The van der Waals surface area contributed by atoms with Gasteiger partial charge >= 0.3 is 5.92 Å². The maximum absolute atomic E-state index is 13.2. The van der Waals surface area contributed by atoms with Gasteiger partial charge in [0.2, 0.25) is 0 Å². The monoisotopic (exact) mass is 274 g/mol. The van der Waals surface area contributed by atoms with Gasteiger partial charge in [0.25, 0.3) is 0 Å². The Balaban J connectivity index is 2.76. The first-order valence-corrected chi connectivity index (χ1v) is 5.19. The summed E-state index contributed by atoms with van der Waals surface area (Å²) in [6.07, 6.45) is 0. The first-order valence-electron chi connectivity index (χ1n) is 4.40. The number of imidazole rings is 1. The summed E-state index contributed by atoms with van der Waals surface area (Å²) >= 11 is 3.30. The molecule has 1 heterocycles. The number of aryl methyl sites for hydroxylation is 1. The lowest BCUT2D eigenvalue weighted by molar-refractivity contribution is 0.00548. The average molecular weight is 275 g/mol. The summed E-state index contributed by atoms with van der Waals surface area (Å²) in [6, 6.07) is 5.28. The fourth-order valence-corrected chi connectivity index (χ4v) is 1.90. The number of halogens is 3. The van der Waals surface area contributed by atoms with E-state index in [4.69, 9.17) is 0 Å². The van der Waals surface area contributed by atoms with E-state index in [2.05, 4.69) is 20.9 Å². The van der Waals surface area contributed by atoms with E-state index in [-0.39, 0.29) is 5.82 Å². The van der Waals surface area contributed by atoms with E-state index in [1.54, 1.807) is 25.2 Å². The third kappa shape index (κ3) is 1.76. The van der Waals surface area contributed by atoms with Crippen LogP contribution in [0.3, 0.4) is 0 Å². The van der Waals surface area contributed by atoms with Crippen LogP contribution in [-0.2, 0) is 13.0 Å². The molecule has 0 fully saturated rings. The number of fused-ring (bicyclic) bond motifs is 1. The zero-order valence-electron chi connectivity index (χ0n) is 8.26. The first kappa shape index (κ1) is 10.5. The van der Waals surface area contributed by atoms with Gasteiger partial charge in [-0.25, -0.2) is 4.98 Å². The molecule has 0 saturated heterocycles. The summed E-state index contributed by atoms with van der Waals surface area (Å²) in [7, 11) is 1.59. The second-order valence-corrected chi connectivity index (χ2v) is 4.43. The van der Waals surface area contributed by atoms with Crippen molar-refractivity contribution in [1.29, 1.82) is 0 Å². The van der Waals surface area contributed by atoms with E-state index < -0.39 is 5.92 Å². The molecule has 0 aliphatic heterocycles. The molecule has 0 spiro atoms. The fraction of sp³-hybridized carbons (Fsp3) is 0.300.